The molecule has 0 unspecified atom stereocenters. The number of nitrogens with two attached hydrogens (primary N) is 1. The molecule has 2 nitrogen and oxygen atoms in total. The zero-order valence-corrected chi connectivity index (χ0v) is 12.1. The first-order chi connectivity index (χ1) is 9.76. The molecule has 3 heteroatoms. The summed E-state index contributed by atoms with van der Waals surface area (Å²) in [5.41, 5.74) is 9.54. The van der Waals surface area contributed by atoms with E-state index in [0.717, 1.165) is 24.2 Å². The summed E-state index contributed by atoms with van der Waals surface area (Å²) in [6.07, 6.45) is 4.41. The summed E-state index contributed by atoms with van der Waals surface area (Å²) in [7, 11) is 0. The molecule has 1 aliphatic carbocycles. The van der Waals surface area contributed by atoms with Gasteiger partial charge in [0.05, 0.1) is 5.02 Å². The van der Waals surface area contributed by atoms with E-state index in [2.05, 4.69) is 12.1 Å². The molecular formula is C17H18ClNO. The molecule has 3 rings (SSSR count). The summed E-state index contributed by atoms with van der Waals surface area (Å²) >= 11 is 6.27. The largest absolute Gasteiger partial charge is 0.456 e. The summed E-state index contributed by atoms with van der Waals surface area (Å²) in [5.74, 6) is 1.56. The number of fused-ring (bicyclic) bond motifs is 1. The summed E-state index contributed by atoms with van der Waals surface area (Å²) in [6.45, 7) is 0.626. The van der Waals surface area contributed by atoms with E-state index in [-0.39, 0.29) is 0 Å². The maximum Gasteiger partial charge on any atom is 0.146 e. The molecule has 0 amide bonds. The molecule has 0 aromatic heterocycles. The highest BCUT2D eigenvalue weighted by molar-refractivity contribution is 6.32. The molecule has 1 aliphatic rings. The van der Waals surface area contributed by atoms with Crippen LogP contribution < -0.4 is 10.5 Å². The van der Waals surface area contributed by atoms with Crippen LogP contribution in [-0.2, 0) is 19.3 Å². The Labute approximate surface area is 124 Å². The lowest BCUT2D eigenvalue weighted by molar-refractivity contribution is 0.482. The SMILES string of the molecule is NCCc1ccc(Oc2ccc3c(c2)CCC3)c(Cl)c1. The van der Waals surface area contributed by atoms with Crippen molar-refractivity contribution in [2.75, 3.05) is 6.54 Å². The Morgan fingerprint density at radius 2 is 1.90 bits per heavy atom. The van der Waals surface area contributed by atoms with Crippen LogP contribution in [0.3, 0.4) is 0 Å². The van der Waals surface area contributed by atoms with E-state index in [1.807, 2.05) is 24.3 Å². The Balaban J connectivity index is 1.80. The third-order valence-corrected chi connectivity index (χ3v) is 4.02. The van der Waals surface area contributed by atoms with Gasteiger partial charge in [-0.2, -0.15) is 0 Å². The second-order valence-electron chi connectivity index (χ2n) is 5.19. The first-order valence-electron chi connectivity index (χ1n) is 7.04. The number of halogens is 1. The van der Waals surface area contributed by atoms with Crippen LogP contribution >= 0.6 is 11.6 Å². The summed E-state index contributed by atoms with van der Waals surface area (Å²) in [5, 5.41) is 0.636. The highest BCUT2D eigenvalue weighted by Gasteiger charge is 2.12. The van der Waals surface area contributed by atoms with Crippen LogP contribution in [0.5, 0.6) is 11.5 Å². The molecule has 0 saturated heterocycles. The molecule has 2 aromatic carbocycles. The molecule has 2 aromatic rings. The predicted octanol–water partition coefficient (Wildman–Crippen LogP) is 4.12. The van der Waals surface area contributed by atoms with E-state index in [0.29, 0.717) is 17.3 Å². The molecule has 0 saturated carbocycles. The Bertz CT molecular complexity index is 624. The molecule has 2 N–H and O–H groups in total. The lowest BCUT2D eigenvalue weighted by atomic mass is 10.1. The van der Waals surface area contributed by atoms with Crippen LogP contribution in [0, 0.1) is 0 Å². The minimum atomic E-state index is 0.626. The molecule has 0 bridgehead atoms. The van der Waals surface area contributed by atoms with E-state index < -0.39 is 0 Å². The highest BCUT2D eigenvalue weighted by atomic mass is 35.5. The van der Waals surface area contributed by atoms with Gasteiger partial charge < -0.3 is 10.5 Å². The van der Waals surface area contributed by atoms with Crippen molar-refractivity contribution < 1.29 is 4.74 Å². The van der Waals surface area contributed by atoms with Gasteiger partial charge in [-0.05, 0) is 73.2 Å². The second-order valence-corrected chi connectivity index (χ2v) is 5.60. The first-order valence-corrected chi connectivity index (χ1v) is 7.42. The Kier molecular flexibility index (Phi) is 3.95. The van der Waals surface area contributed by atoms with Crippen molar-refractivity contribution in [2.45, 2.75) is 25.7 Å². The fourth-order valence-electron chi connectivity index (χ4n) is 2.69. The van der Waals surface area contributed by atoms with Crippen molar-refractivity contribution in [2.24, 2.45) is 5.73 Å². The third kappa shape index (κ3) is 2.82. The number of aryl methyl sites for hydroxylation is 2. The molecule has 0 spiro atoms. The highest BCUT2D eigenvalue weighted by Crippen LogP contribution is 2.33. The number of benzene rings is 2. The van der Waals surface area contributed by atoms with E-state index in [1.165, 1.54) is 24.0 Å². The molecule has 104 valence electrons. The lowest BCUT2D eigenvalue weighted by Crippen LogP contribution is -2.02. The smallest absolute Gasteiger partial charge is 0.146 e. The van der Waals surface area contributed by atoms with Crippen molar-refractivity contribution in [1.29, 1.82) is 0 Å². The van der Waals surface area contributed by atoms with Crippen molar-refractivity contribution in [3.8, 4) is 11.5 Å². The van der Waals surface area contributed by atoms with Gasteiger partial charge in [0.2, 0.25) is 0 Å². The Hall–Kier alpha value is -1.51. The normalized spacial score (nSPS) is 13.3. The quantitative estimate of drug-likeness (QED) is 0.918. The van der Waals surface area contributed by atoms with Crippen molar-refractivity contribution in [1.82, 2.24) is 0 Å². The third-order valence-electron chi connectivity index (χ3n) is 3.73. The fraction of sp³-hybridized carbons (Fsp3) is 0.294. The van der Waals surface area contributed by atoms with E-state index >= 15 is 0 Å². The van der Waals surface area contributed by atoms with Gasteiger partial charge in [-0.3, -0.25) is 0 Å². The number of hydrogen-bond donors (Lipinski definition) is 1. The Morgan fingerprint density at radius 3 is 2.70 bits per heavy atom. The minimum absolute atomic E-state index is 0.626. The molecule has 0 atom stereocenters. The van der Waals surface area contributed by atoms with Gasteiger partial charge in [-0.15, -0.1) is 0 Å². The van der Waals surface area contributed by atoms with Gasteiger partial charge in [-0.25, -0.2) is 0 Å². The van der Waals surface area contributed by atoms with E-state index in [1.54, 1.807) is 0 Å². The fourth-order valence-corrected chi connectivity index (χ4v) is 2.93. The van der Waals surface area contributed by atoms with E-state index in [9.17, 15) is 0 Å². The van der Waals surface area contributed by atoms with Gasteiger partial charge in [0.15, 0.2) is 0 Å². The van der Waals surface area contributed by atoms with Gasteiger partial charge in [0, 0.05) is 0 Å². The molecule has 0 fully saturated rings. The number of hydrogen-bond acceptors (Lipinski definition) is 2. The van der Waals surface area contributed by atoms with Crippen LogP contribution in [0.1, 0.15) is 23.1 Å². The maximum absolute atomic E-state index is 6.27. The average molecular weight is 288 g/mol. The summed E-state index contributed by atoms with van der Waals surface area (Å²) < 4.78 is 5.90. The molecule has 0 heterocycles. The van der Waals surface area contributed by atoms with Crippen molar-refractivity contribution >= 4 is 11.6 Å². The molecule has 20 heavy (non-hydrogen) atoms. The predicted molar refractivity (Wildman–Crippen MR) is 82.8 cm³/mol. The second kappa shape index (κ2) is 5.86. The van der Waals surface area contributed by atoms with Crippen molar-refractivity contribution in [3.63, 3.8) is 0 Å². The average Bonchev–Trinajstić information content (AvgIpc) is 2.90. The summed E-state index contributed by atoms with van der Waals surface area (Å²) in [4.78, 5) is 0. The van der Waals surface area contributed by atoms with Crippen LogP contribution in [0.4, 0.5) is 0 Å². The molecule has 0 radical (unpaired) electrons. The first kappa shape index (κ1) is 13.5. The monoisotopic (exact) mass is 287 g/mol. The van der Waals surface area contributed by atoms with Gasteiger partial charge in [0.25, 0.3) is 0 Å². The molecular weight excluding hydrogens is 270 g/mol. The van der Waals surface area contributed by atoms with Crippen LogP contribution in [0.25, 0.3) is 0 Å². The van der Waals surface area contributed by atoms with E-state index in [4.69, 9.17) is 22.1 Å². The van der Waals surface area contributed by atoms with Crippen LogP contribution in [0.15, 0.2) is 36.4 Å². The van der Waals surface area contributed by atoms with Gasteiger partial charge in [0.1, 0.15) is 11.5 Å². The topological polar surface area (TPSA) is 35.2 Å². The number of ether oxygens (including phenoxy) is 1. The van der Waals surface area contributed by atoms with Crippen LogP contribution in [-0.4, -0.2) is 6.54 Å². The number of rotatable bonds is 4. The minimum Gasteiger partial charge on any atom is -0.456 e. The maximum atomic E-state index is 6.27. The summed E-state index contributed by atoms with van der Waals surface area (Å²) in [6, 6.07) is 12.2. The van der Waals surface area contributed by atoms with Gasteiger partial charge in [-0.1, -0.05) is 23.7 Å². The van der Waals surface area contributed by atoms with Crippen LogP contribution in [0.2, 0.25) is 5.02 Å². The Morgan fingerprint density at radius 1 is 1.05 bits per heavy atom. The van der Waals surface area contributed by atoms with Crippen molar-refractivity contribution in [3.05, 3.63) is 58.1 Å². The lowest BCUT2D eigenvalue weighted by Gasteiger charge is -2.10. The zero-order chi connectivity index (χ0) is 13.9. The van der Waals surface area contributed by atoms with Gasteiger partial charge >= 0.3 is 0 Å². The zero-order valence-electron chi connectivity index (χ0n) is 11.4. The standard InChI is InChI=1S/C17H18ClNO/c18-16-10-12(8-9-19)4-7-17(16)20-15-6-5-13-2-1-3-14(13)11-15/h4-7,10-11H,1-3,8-9,19H2. The molecule has 0 aliphatic heterocycles.